The molecule has 5 rings (SSSR count). The Kier molecular flexibility index (Phi) is 4.91. The van der Waals surface area contributed by atoms with Crippen LogP contribution in [0.3, 0.4) is 0 Å². The summed E-state index contributed by atoms with van der Waals surface area (Å²) >= 11 is 5.79. The molecule has 2 aliphatic rings. The van der Waals surface area contributed by atoms with E-state index in [1.54, 1.807) is 13.1 Å². The second-order valence-corrected chi connectivity index (χ2v) is 8.51. The van der Waals surface area contributed by atoms with Gasteiger partial charge in [-0.2, -0.15) is 0 Å². The van der Waals surface area contributed by atoms with Gasteiger partial charge in [-0.25, -0.2) is 14.4 Å². The van der Waals surface area contributed by atoms with E-state index in [2.05, 4.69) is 15.3 Å². The Hall–Kier alpha value is -2.30. The molecule has 0 aliphatic carbocycles. The first-order chi connectivity index (χ1) is 14.8. The number of nitrogens with zero attached hydrogens (tertiary/aromatic N) is 3. The van der Waals surface area contributed by atoms with Gasteiger partial charge >= 0.3 is 0 Å². The smallest absolute Gasteiger partial charge is 0.164 e. The second-order valence-electron chi connectivity index (χ2n) is 8.11. The van der Waals surface area contributed by atoms with Gasteiger partial charge in [0.25, 0.3) is 0 Å². The van der Waals surface area contributed by atoms with E-state index in [1.807, 2.05) is 30.7 Å². The average molecular weight is 449 g/mol. The summed E-state index contributed by atoms with van der Waals surface area (Å²) < 4.78 is 34.3. The largest absolute Gasteiger partial charge is 0.386 e. The number of benzene rings is 1. The van der Waals surface area contributed by atoms with Gasteiger partial charge < -0.3 is 29.2 Å². The Morgan fingerprint density at radius 2 is 2.00 bits per heavy atom. The molecular weight excluding hydrogens is 427 g/mol. The zero-order valence-electron chi connectivity index (χ0n) is 17.1. The summed E-state index contributed by atoms with van der Waals surface area (Å²) in [6.07, 6.45) is -0.317. The fourth-order valence-corrected chi connectivity index (χ4v) is 4.46. The molecule has 0 bridgehead atoms. The predicted molar refractivity (Wildman–Crippen MR) is 111 cm³/mol. The highest BCUT2D eigenvalue weighted by Crippen LogP contribution is 2.47. The van der Waals surface area contributed by atoms with Crippen LogP contribution in [0.1, 0.15) is 31.7 Å². The molecule has 2 aliphatic heterocycles. The van der Waals surface area contributed by atoms with Crippen LogP contribution in [0.4, 0.5) is 10.2 Å². The van der Waals surface area contributed by atoms with Gasteiger partial charge in [-0.1, -0.05) is 17.7 Å². The predicted octanol–water partition coefficient (Wildman–Crippen LogP) is 3.42. The zero-order valence-corrected chi connectivity index (χ0v) is 17.9. The lowest BCUT2D eigenvalue weighted by Crippen LogP contribution is -2.34. The third-order valence-electron chi connectivity index (χ3n) is 5.68. The van der Waals surface area contributed by atoms with Gasteiger partial charge in [0.1, 0.15) is 48.0 Å². The number of fused-ring (bicyclic) bond motifs is 2. The number of rotatable bonds is 4. The van der Waals surface area contributed by atoms with E-state index >= 15 is 0 Å². The second kappa shape index (κ2) is 7.39. The molecule has 0 spiro atoms. The molecule has 164 valence electrons. The minimum atomic E-state index is -1.15. The maximum atomic E-state index is 14.0. The molecular formula is C21H22ClFN4O4. The summed E-state index contributed by atoms with van der Waals surface area (Å²) in [4.78, 5) is 8.64. The van der Waals surface area contributed by atoms with Crippen molar-refractivity contribution in [1.82, 2.24) is 14.5 Å². The van der Waals surface area contributed by atoms with E-state index < -0.39 is 42.2 Å². The van der Waals surface area contributed by atoms with Crippen LogP contribution in [-0.4, -0.2) is 50.8 Å². The SMILES string of the molecule is CNc1ncnc2c1ccn2[C@@H]1O[C@H]([C@H](O)c2ccc(Cl)c(F)c2)[C@H]2OC(C)(C)O[C@H]21. The molecule has 31 heavy (non-hydrogen) atoms. The van der Waals surface area contributed by atoms with E-state index in [9.17, 15) is 9.50 Å². The van der Waals surface area contributed by atoms with Crippen LogP contribution in [-0.2, 0) is 14.2 Å². The van der Waals surface area contributed by atoms with Gasteiger partial charge in [0.05, 0.1) is 10.4 Å². The topological polar surface area (TPSA) is 90.7 Å². The van der Waals surface area contributed by atoms with E-state index in [0.29, 0.717) is 17.0 Å². The van der Waals surface area contributed by atoms with Crippen LogP contribution in [0.15, 0.2) is 36.8 Å². The van der Waals surface area contributed by atoms with Crippen molar-refractivity contribution in [3.8, 4) is 0 Å². The summed E-state index contributed by atoms with van der Waals surface area (Å²) in [5.74, 6) is -0.786. The van der Waals surface area contributed by atoms with Crippen molar-refractivity contribution in [1.29, 1.82) is 0 Å². The van der Waals surface area contributed by atoms with Gasteiger partial charge in [0.2, 0.25) is 0 Å². The molecule has 0 radical (unpaired) electrons. The lowest BCUT2D eigenvalue weighted by Gasteiger charge is -2.27. The zero-order chi connectivity index (χ0) is 21.9. The third kappa shape index (κ3) is 3.37. The Balaban J connectivity index is 1.53. The van der Waals surface area contributed by atoms with Crippen molar-refractivity contribution in [3.05, 3.63) is 53.2 Å². The lowest BCUT2D eigenvalue weighted by molar-refractivity contribution is -0.207. The molecule has 5 atom stereocenters. The van der Waals surface area contributed by atoms with E-state index in [-0.39, 0.29) is 5.02 Å². The van der Waals surface area contributed by atoms with Crippen molar-refractivity contribution < 1.29 is 23.7 Å². The first-order valence-electron chi connectivity index (χ1n) is 9.92. The summed E-state index contributed by atoms with van der Waals surface area (Å²) in [6, 6.07) is 6.07. The molecule has 2 aromatic heterocycles. The molecule has 1 aromatic carbocycles. The van der Waals surface area contributed by atoms with Crippen LogP contribution >= 0.6 is 11.6 Å². The van der Waals surface area contributed by atoms with Gasteiger partial charge in [0, 0.05) is 13.2 Å². The van der Waals surface area contributed by atoms with Crippen molar-refractivity contribution in [2.75, 3.05) is 12.4 Å². The van der Waals surface area contributed by atoms with Crippen molar-refractivity contribution in [2.45, 2.75) is 50.3 Å². The van der Waals surface area contributed by atoms with Gasteiger partial charge in [-0.05, 0) is 37.6 Å². The first-order valence-corrected chi connectivity index (χ1v) is 10.3. The highest BCUT2D eigenvalue weighted by molar-refractivity contribution is 6.30. The van der Waals surface area contributed by atoms with Crippen LogP contribution in [0.25, 0.3) is 11.0 Å². The Morgan fingerprint density at radius 1 is 1.23 bits per heavy atom. The maximum Gasteiger partial charge on any atom is 0.164 e. The minimum absolute atomic E-state index is 0.0144. The quantitative estimate of drug-likeness (QED) is 0.632. The number of ether oxygens (including phenoxy) is 3. The van der Waals surface area contributed by atoms with Crippen LogP contribution < -0.4 is 5.32 Å². The normalized spacial score (nSPS) is 28.1. The number of hydrogen-bond donors (Lipinski definition) is 2. The fourth-order valence-electron chi connectivity index (χ4n) is 4.35. The molecule has 8 nitrogen and oxygen atoms in total. The van der Waals surface area contributed by atoms with Crippen molar-refractivity contribution in [3.63, 3.8) is 0 Å². The molecule has 2 fully saturated rings. The number of nitrogens with one attached hydrogen (secondary N) is 1. The summed E-state index contributed by atoms with van der Waals surface area (Å²) in [6.45, 7) is 3.62. The molecule has 0 amide bonds. The average Bonchev–Trinajstić information content (AvgIpc) is 3.39. The maximum absolute atomic E-state index is 14.0. The number of anilines is 1. The fraction of sp³-hybridized carbons (Fsp3) is 0.429. The van der Waals surface area contributed by atoms with Gasteiger partial charge in [-0.3, -0.25) is 0 Å². The highest BCUT2D eigenvalue weighted by atomic mass is 35.5. The Morgan fingerprint density at radius 3 is 2.74 bits per heavy atom. The first kappa shape index (κ1) is 20.6. The Bertz CT molecular complexity index is 1140. The van der Waals surface area contributed by atoms with Crippen LogP contribution in [0, 0.1) is 5.82 Å². The standard InChI is InChI=1S/C21H22ClFN4O4/c1-21(2)30-16-15(14(28)10-4-5-12(22)13(23)8-10)29-20(17(16)31-21)27-7-6-11-18(24-3)25-9-26-19(11)27/h4-9,14-17,20,28H,1-3H3,(H,24,25,26)/t14-,15-,16-,17-,20-/m1/s1. The molecule has 0 unspecified atom stereocenters. The number of halogens is 2. The van der Waals surface area contributed by atoms with Crippen LogP contribution in [0.2, 0.25) is 5.02 Å². The Labute approximate surface area is 182 Å². The number of hydrogen-bond acceptors (Lipinski definition) is 7. The molecule has 2 saturated heterocycles. The molecule has 4 heterocycles. The van der Waals surface area contributed by atoms with E-state index in [1.165, 1.54) is 18.5 Å². The summed E-state index contributed by atoms with van der Waals surface area (Å²) in [5, 5.41) is 14.9. The molecule has 2 N–H and O–H groups in total. The minimum Gasteiger partial charge on any atom is -0.386 e. The summed E-state index contributed by atoms with van der Waals surface area (Å²) in [7, 11) is 1.79. The lowest BCUT2D eigenvalue weighted by atomic mass is 9.99. The number of aliphatic hydroxyl groups is 1. The van der Waals surface area contributed by atoms with Gasteiger partial charge in [-0.15, -0.1) is 0 Å². The summed E-state index contributed by atoms with van der Waals surface area (Å²) in [5.41, 5.74) is 1.00. The van der Waals surface area contributed by atoms with Crippen molar-refractivity contribution >= 4 is 28.5 Å². The molecule has 10 heteroatoms. The molecule has 3 aromatic rings. The van der Waals surface area contributed by atoms with E-state index in [4.69, 9.17) is 25.8 Å². The van der Waals surface area contributed by atoms with Gasteiger partial charge in [0.15, 0.2) is 12.0 Å². The number of aliphatic hydroxyl groups excluding tert-OH is 1. The highest BCUT2D eigenvalue weighted by Gasteiger charge is 2.58. The molecule has 0 saturated carbocycles. The van der Waals surface area contributed by atoms with Crippen molar-refractivity contribution in [2.24, 2.45) is 0 Å². The number of aromatic nitrogens is 3. The van der Waals surface area contributed by atoms with Crippen LogP contribution in [0.5, 0.6) is 0 Å². The van der Waals surface area contributed by atoms with E-state index in [0.717, 1.165) is 5.39 Å². The third-order valence-corrected chi connectivity index (χ3v) is 5.99. The monoisotopic (exact) mass is 448 g/mol.